The predicted octanol–water partition coefficient (Wildman–Crippen LogP) is 3.12. The highest BCUT2D eigenvalue weighted by atomic mass is 15.2. The predicted molar refractivity (Wildman–Crippen MR) is 77.5 cm³/mol. The van der Waals surface area contributed by atoms with Crippen molar-refractivity contribution >= 4 is 0 Å². The first-order valence-corrected chi connectivity index (χ1v) is 7.16. The topological polar surface area (TPSA) is 29.3 Å². The number of benzene rings is 1. The van der Waals surface area contributed by atoms with E-state index in [0.29, 0.717) is 18.0 Å². The van der Waals surface area contributed by atoms with Crippen LogP contribution >= 0.6 is 0 Å². The standard InChI is InChI=1S/C16H26N2/c1-4-16(14-7-5-12(2)6-8-14)18-10-13(3)9-15(17)11-18/h5-8,13,15-16H,4,9-11,17H2,1-3H3. The van der Waals surface area contributed by atoms with Crippen LogP contribution in [-0.4, -0.2) is 24.0 Å². The van der Waals surface area contributed by atoms with Crippen LogP contribution in [0.2, 0.25) is 0 Å². The van der Waals surface area contributed by atoms with Crippen molar-refractivity contribution in [2.24, 2.45) is 11.7 Å². The first-order valence-electron chi connectivity index (χ1n) is 7.16. The van der Waals surface area contributed by atoms with Crippen LogP contribution in [0, 0.1) is 12.8 Å². The highest BCUT2D eigenvalue weighted by Gasteiger charge is 2.27. The summed E-state index contributed by atoms with van der Waals surface area (Å²) in [4.78, 5) is 2.57. The summed E-state index contributed by atoms with van der Waals surface area (Å²) in [5.74, 6) is 0.716. The number of rotatable bonds is 3. The molecule has 1 aromatic carbocycles. The molecule has 0 radical (unpaired) electrons. The molecule has 1 fully saturated rings. The average molecular weight is 246 g/mol. The zero-order valence-corrected chi connectivity index (χ0v) is 11.9. The third-order valence-electron chi connectivity index (χ3n) is 4.01. The molecule has 1 saturated heterocycles. The molecule has 0 spiro atoms. The molecule has 0 aliphatic carbocycles. The molecule has 0 saturated carbocycles. The van der Waals surface area contributed by atoms with Gasteiger partial charge in [0.05, 0.1) is 0 Å². The summed E-state index contributed by atoms with van der Waals surface area (Å²) in [5, 5.41) is 0. The van der Waals surface area contributed by atoms with E-state index in [1.165, 1.54) is 24.1 Å². The molecule has 0 bridgehead atoms. The largest absolute Gasteiger partial charge is 0.327 e. The molecule has 0 aromatic heterocycles. The van der Waals surface area contributed by atoms with Gasteiger partial charge in [0.2, 0.25) is 0 Å². The van der Waals surface area contributed by atoms with Crippen LogP contribution in [0.25, 0.3) is 0 Å². The van der Waals surface area contributed by atoms with Crippen molar-refractivity contribution in [3.05, 3.63) is 35.4 Å². The Balaban J connectivity index is 2.14. The highest BCUT2D eigenvalue weighted by Crippen LogP contribution is 2.29. The summed E-state index contributed by atoms with van der Waals surface area (Å²) < 4.78 is 0. The van der Waals surface area contributed by atoms with Crippen LogP contribution in [0.4, 0.5) is 0 Å². The Kier molecular flexibility index (Phi) is 4.41. The van der Waals surface area contributed by atoms with E-state index >= 15 is 0 Å². The van der Waals surface area contributed by atoms with Gasteiger partial charge in [0, 0.05) is 25.2 Å². The molecule has 18 heavy (non-hydrogen) atoms. The molecular weight excluding hydrogens is 220 g/mol. The van der Waals surface area contributed by atoms with Crippen LogP contribution in [0.1, 0.15) is 43.9 Å². The van der Waals surface area contributed by atoms with Gasteiger partial charge in [-0.25, -0.2) is 0 Å². The van der Waals surface area contributed by atoms with E-state index in [-0.39, 0.29) is 0 Å². The minimum Gasteiger partial charge on any atom is -0.327 e. The lowest BCUT2D eigenvalue weighted by atomic mass is 9.92. The summed E-state index contributed by atoms with van der Waals surface area (Å²) in [6.45, 7) is 8.95. The van der Waals surface area contributed by atoms with Gasteiger partial charge in [-0.1, -0.05) is 43.7 Å². The van der Waals surface area contributed by atoms with E-state index in [1.807, 2.05) is 0 Å². The molecule has 3 unspecified atom stereocenters. The number of nitrogens with zero attached hydrogens (tertiary/aromatic N) is 1. The fourth-order valence-corrected chi connectivity index (χ4v) is 3.19. The first kappa shape index (κ1) is 13.6. The molecule has 2 N–H and O–H groups in total. The molecule has 2 rings (SSSR count). The van der Waals surface area contributed by atoms with Gasteiger partial charge in [-0.05, 0) is 31.2 Å². The normalized spacial score (nSPS) is 27.1. The number of aryl methyl sites for hydroxylation is 1. The number of nitrogens with two attached hydrogens (primary N) is 1. The Morgan fingerprint density at radius 3 is 2.50 bits per heavy atom. The van der Waals surface area contributed by atoms with E-state index in [9.17, 15) is 0 Å². The van der Waals surface area contributed by atoms with Crippen LogP contribution in [0.3, 0.4) is 0 Å². The van der Waals surface area contributed by atoms with Crippen molar-refractivity contribution in [3.63, 3.8) is 0 Å². The van der Waals surface area contributed by atoms with Gasteiger partial charge in [-0.3, -0.25) is 4.90 Å². The number of likely N-dealkylation sites (tertiary alicyclic amines) is 1. The monoisotopic (exact) mass is 246 g/mol. The van der Waals surface area contributed by atoms with Crippen LogP contribution in [-0.2, 0) is 0 Å². The van der Waals surface area contributed by atoms with Crippen LogP contribution in [0.5, 0.6) is 0 Å². The van der Waals surface area contributed by atoms with E-state index in [0.717, 1.165) is 13.0 Å². The second kappa shape index (κ2) is 5.85. The van der Waals surface area contributed by atoms with Crippen molar-refractivity contribution in [2.45, 2.75) is 45.7 Å². The summed E-state index contributed by atoms with van der Waals surface area (Å²) in [5.41, 5.74) is 8.93. The Bertz CT molecular complexity index is 361. The van der Waals surface area contributed by atoms with Gasteiger partial charge in [0.25, 0.3) is 0 Å². The summed E-state index contributed by atoms with van der Waals surface area (Å²) in [6, 6.07) is 9.84. The third kappa shape index (κ3) is 3.12. The minimum atomic E-state index is 0.341. The summed E-state index contributed by atoms with van der Waals surface area (Å²) in [6.07, 6.45) is 2.32. The fraction of sp³-hybridized carbons (Fsp3) is 0.625. The molecule has 2 heteroatoms. The Hall–Kier alpha value is -0.860. The second-order valence-electron chi connectivity index (χ2n) is 5.89. The minimum absolute atomic E-state index is 0.341. The SMILES string of the molecule is CCC(c1ccc(C)cc1)N1CC(C)CC(N)C1. The fourth-order valence-electron chi connectivity index (χ4n) is 3.19. The number of hydrogen-bond acceptors (Lipinski definition) is 2. The number of piperidine rings is 1. The van der Waals surface area contributed by atoms with Crippen molar-refractivity contribution in [3.8, 4) is 0 Å². The molecule has 1 aliphatic heterocycles. The van der Waals surface area contributed by atoms with Gasteiger partial charge in [0.15, 0.2) is 0 Å². The zero-order chi connectivity index (χ0) is 13.1. The highest BCUT2D eigenvalue weighted by molar-refractivity contribution is 5.24. The van der Waals surface area contributed by atoms with Crippen molar-refractivity contribution in [2.75, 3.05) is 13.1 Å². The smallest absolute Gasteiger partial charge is 0.0346 e. The second-order valence-corrected chi connectivity index (χ2v) is 5.89. The van der Waals surface area contributed by atoms with Gasteiger partial charge in [-0.15, -0.1) is 0 Å². The summed E-state index contributed by atoms with van der Waals surface area (Å²) >= 11 is 0. The van der Waals surface area contributed by atoms with Gasteiger partial charge in [-0.2, -0.15) is 0 Å². The zero-order valence-electron chi connectivity index (χ0n) is 11.9. The molecular formula is C16H26N2. The lowest BCUT2D eigenvalue weighted by Crippen LogP contribution is -2.47. The van der Waals surface area contributed by atoms with Crippen molar-refractivity contribution in [1.29, 1.82) is 0 Å². The van der Waals surface area contributed by atoms with E-state index in [1.54, 1.807) is 0 Å². The molecule has 100 valence electrons. The maximum atomic E-state index is 6.17. The third-order valence-corrected chi connectivity index (χ3v) is 4.01. The van der Waals surface area contributed by atoms with Gasteiger partial charge in [0.1, 0.15) is 0 Å². The Morgan fingerprint density at radius 1 is 1.28 bits per heavy atom. The molecule has 2 nitrogen and oxygen atoms in total. The summed E-state index contributed by atoms with van der Waals surface area (Å²) in [7, 11) is 0. The average Bonchev–Trinajstić information content (AvgIpc) is 2.31. The maximum Gasteiger partial charge on any atom is 0.0346 e. The van der Waals surface area contributed by atoms with E-state index < -0.39 is 0 Å². The van der Waals surface area contributed by atoms with E-state index in [4.69, 9.17) is 5.73 Å². The van der Waals surface area contributed by atoms with E-state index in [2.05, 4.69) is 49.9 Å². The molecule has 1 heterocycles. The molecule has 3 atom stereocenters. The molecule has 1 aromatic rings. The van der Waals surface area contributed by atoms with Crippen molar-refractivity contribution in [1.82, 2.24) is 4.90 Å². The Morgan fingerprint density at radius 2 is 1.94 bits per heavy atom. The number of hydrogen-bond donors (Lipinski definition) is 1. The van der Waals surface area contributed by atoms with Gasteiger partial charge < -0.3 is 5.73 Å². The molecule has 0 amide bonds. The van der Waals surface area contributed by atoms with Crippen molar-refractivity contribution < 1.29 is 0 Å². The first-order chi connectivity index (χ1) is 8.60. The lowest BCUT2D eigenvalue weighted by Gasteiger charge is -2.40. The van der Waals surface area contributed by atoms with Gasteiger partial charge >= 0.3 is 0 Å². The quantitative estimate of drug-likeness (QED) is 0.888. The molecule has 1 aliphatic rings. The van der Waals surface area contributed by atoms with Crippen LogP contribution < -0.4 is 5.73 Å². The van der Waals surface area contributed by atoms with Crippen LogP contribution in [0.15, 0.2) is 24.3 Å². The Labute approximate surface area is 111 Å². The maximum absolute atomic E-state index is 6.17. The lowest BCUT2D eigenvalue weighted by molar-refractivity contribution is 0.112.